The predicted molar refractivity (Wildman–Crippen MR) is 78.7 cm³/mol. The lowest BCUT2D eigenvalue weighted by Crippen LogP contribution is -2.30. The van der Waals surface area contributed by atoms with E-state index in [2.05, 4.69) is 5.32 Å². The molecule has 1 aliphatic carbocycles. The summed E-state index contributed by atoms with van der Waals surface area (Å²) in [5, 5.41) is 17.8. The van der Waals surface area contributed by atoms with Crippen LogP contribution in [0.4, 0.5) is 11.4 Å². The van der Waals surface area contributed by atoms with Crippen LogP contribution in [0, 0.1) is 5.41 Å². The second kappa shape index (κ2) is 5.59. The predicted octanol–water partition coefficient (Wildman–Crippen LogP) is 0.881. The highest BCUT2D eigenvalue weighted by Gasteiger charge is 2.33. The molecule has 0 bridgehead atoms. The van der Waals surface area contributed by atoms with Gasteiger partial charge in [0.1, 0.15) is 0 Å². The minimum absolute atomic E-state index is 0.0265. The van der Waals surface area contributed by atoms with E-state index in [0.29, 0.717) is 17.9 Å². The third-order valence-electron chi connectivity index (χ3n) is 4.01. The van der Waals surface area contributed by atoms with Gasteiger partial charge in [-0.3, -0.25) is 0 Å². The molecule has 2 rings (SSSR count). The smallest absolute Gasteiger partial charge is 0.238 e. The Morgan fingerprint density at radius 2 is 1.95 bits per heavy atom. The van der Waals surface area contributed by atoms with Crippen LogP contribution in [0.25, 0.3) is 0 Å². The summed E-state index contributed by atoms with van der Waals surface area (Å²) >= 11 is 0. The zero-order chi connectivity index (χ0) is 14.8. The molecule has 1 aromatic rings. The highest BCUT2D eigenvalue weighted by Crippen LogP contribution is 2.38. The van der Waals surface area contributed by atoms with Gasteiger partial charge in [0.05, 0.1) is 22.9 Å². The lowest BCUT2D eigenvalue weighted by molar-refractivity contribution is 0.142. The molecule has 112 valence electrons. The summed E-state index contributed by atoms with van der Waals surface area (Å²) in [5.41, 5.74) is 6.71. The first-order valence-electron chi connectivity index (χ1n) is 6.63. The van der Waals surface area contributed by atoms with E-state index in [-0.39, 0.29) is 16.9 Å². The van der Waals surface area contributed by atoms with Crippen LogP contribution in [0.5, 0.6) is 0 Å². The minimum Gasteiger partial charge on any atom is -0.397 e. The van der Waals surface area contributed by atoms with E-state index in [0.717, 1.165) is 25.7 Å². The van der Waals surface area contributed by atoms with Crippen molar-refractivity contribution in [3.63, 3.8) is 0 Å². The first-order chi connectivity index (χ1) is 9.36. The van der Waals surface area contributed by atoms with E-state index < -0.39 is 10.0 Å². The van der Waals surface area contributed by atoms with Crippen molar-refractivity contribution in [3.8, 4) is 0 Å². The molecule has 0 unspecified atom stereocenters. The maximum absolute atomic E-state index is 11.3. The van der Waals surface area contributed by atoms with Crippen LogP contribution in [-0.2, 0) is 10.0 Å². The maximum Gasteiger partial charge on any atom is 0.238 e. The Morgan fingerprint density at radius 3 is 2.50 bits per heavy atom. The number of nitrogens with one attached hydrogen (secondary N) is 1. The second-order valence-electron chi connectivity index (χ2n) is 5.51. The van der Waals surface area contributed by atoms with Gasteiger partial charge in [0.25, 0.3) is 0 Å². The standard InChI is InChI=1S/C13H21N3O3S/c14-11-4-3-10(20(15,18)19)7-12(11)16-8-13(9-17)5-1-2-6-13/h3-4,7,16-17H,1-2,5-6,8-9,14H2,(H2,15,18,19). The molecule has 7 heteroatoms. The Morgan fingerprint density at radius 1 is 1.30 bits per heavy atom. The lowest BCUT2D eigenvalue weighted by atomic mass is 9.87. The van der Waals surface area contributed by atoms with Crippen molar-refractivity contribution in [2.45, 2.75) is 30.6 Å². The molecule has 6 N–H and O–H groups in total. The van der Waals surface area contributed by atoms with Crippen LogP contribution in [0.3, 0.4) is 0 Å². The first kappa shape index (κ1) is 15.1. The number of nitrogens with two attached hydrogens (primary N) is 2. The summed E-state index contributed by atoms with van der Waals surface area (Å²) in [4.78, 5) is 0.0265. The molecule has 0 atom stereocenters. The summed E-state index contributed by atoms with van der Waals surface area (Å²) in [5.74, 6) is 0. The van der Waals surface area contributed by atoms with E-state index >= 15 is 0 Å². The SMILES string of the molecule is Nc1ccc(S(N)(=O)=O)cc1NCC1(CO)CCCC1. The number of nitrogen functional groups attached to an aromatic ring is 1. The molecule has 1 aromatic carbocycles. The second-order valence-corrected chi connectivity index (χ2v) is 7.07. The monoisotopic (exact) mass is 299 g/mol. The molecule has 1 aliphatic rings. The van der Waals surface area contributed by atoms with Gasteiger partial charge >= 0.3 is 0 Å². The third-order valence-corrected chi connectivity index (χ3v) is 4.92. The summed E-state index contributed by atoms with van der Waals surface area (Å²) in [6.45, 7) is 0.691. The zero-order valence-electron chi connectivity index (χ0n) is 11.3. The maximum atomic E-state index is 11.3. The molecule has 20 heavy (non-hydrogen) atoms. The fourth-order valence-electron chi connectivity index (χ4n) is 2.66. The Kier molecular flexibility index (Phi) is 4.22. The number of aliphatic hydroxyl groups excluding tert-OH is 1. The molecule has 0 aliphatic heterocycles. The molecule has 0 saturated heterocycles. The van der Waals surface area contributed by atoms with Crippen molar-refractivity contribution in [3.05, 3.63) is 18.2 Å². The van der Waals surface area contributed by atoms with Gasteiger partial charge in [-0.2, -0.15) is 0 Å². The number of hydrogen-bond donors (Lipinski definition) is 4. The average Bonchev–Trinajstić information content (AvgIpc) is 2.86. The Bertz CT molecular complexity index is 581. The van der Waals surface area contributed by atoms with Crippen molar-refractivity contribution >= 4 is 21.4 Å². The van der Waals surface area contributed by atoms with E-state index in [1.165, 1.54) is 18.2 Å². The molecule has 1 fully saturated rings. The number of aliphatic hydroxyl groups is 1. The number of sulfonamides is 1. The van der Waals surface area contributed by atoms with Crippen LogP contribution in [0.2, 0.25) is 0 Å². The Labute approximate surface area is 119 Å². The summed E-state index contributed by atoms with van der Waals surface area (Å²) < 4.78 is 22.7. The molecule has 6 nitrogen and oxygen atoms in total. The normalized spacial score (nSPS) is 18.1. The number of primary sulfonamides is 1. The Hall–Kier alpha value is -1.31. The summed E-state index contributed by atoms with van der Waals surface area (Å²) in [6, 6.07) is 4.33. The molecule has 0 aromatic heterocycles. The van der Waals surface area contributed by atoms with Crippen molar-refractivity contribution in [2.75, 3.05) is 24.2 Å². The Balaban J connectivity index is 2.17. The highest BCUT2D eigenvalue weighted by molar-refractivity contribution is 7.89. The van der Waals surface area contributed by atoms with Gasteiger partial charge in [-0.15, -0.1) is 0 Å². The molecule has 0 radical (unpaired) electrons. The number of rotatable bonds is 5. The van der Waals surface area contributed by atoms with Crippen LogP contribution in [0.1, 0.15) is 25.7 Å². The molecule has 1 saturated carbocycles. The van der Waals surface area contributed by atoms with Crippen LogP contribution < -0.4 is 16.2 Å². The van der Waals surface area contributed by atoms with Crippen molar-refractivity contribution in [1.82, 2.24) is 0 Å². The minimum atomic E-state index is -3.75. The van der Waals surface area contributed by atoms with Gasteiger partial charge in [0, 0.05) is 12.0 Å². The fraction of sp³-hybridized carbons (Fsp3) is 0.538. The van der Waals surface area contributed by atoms with Crippen molar-refractivity contribution in [1.29, 1.82) is 0 Å². The van der Waals surface area contributed by atoms with Gasteiger partial charge < -0.3 is 16.2 Å². The number of benzene rings is 1. The van der Waals surface area contributed by atoms with Crippen molar-refractivity contribution < 1.29 is 13.5 Å². The molecular weight excluding hydrogens is 278 g/mol. The van der Waals surface area contributed by atoms with E-state index in [9.17, 15) is 13.5 Å². The molecule has 0 amide bonds. The number of hydrogen-bond acceptors (Lipinski definition) is 5. The topological polar surface area (TPSA) is 118 Å². The number of anilines is 2. The third kappa shape index (κ3) is 3.23. The molecule has 0 heterocycles. The van der Waals surface area contributed by atoms with E-state index in [1.54, 1.807) is 0 Å². The van der Waals surface area contributed by atoms with Gasteiger partial charge in [0.15, 0.2) is 0 Å². The van der Waals surface area contributed by atoms with E-state index in [1.807, 2.05) is 0 Å². The summed E-state index contributed by atoms with van der Waals surface area (Å²) in [7, 11) is -3.75. The average molecular weight is 299 g/mol. The van der Waals surface area contributed by atoms with E-state index in [4.69, 9.17) is 10.9 Å². The van der Waals surface area contributed by atoms with Gasteiger partial charge in [0.2, 0.25) is 10.0 Å². The van der Waals surface area contributed by atoms with Crippen LogP contribution in [0.15, 0.2) is 23.1 Å². The summed E-state index contributed by atoms with van der Waals surface area (Å²) in [6.07, 6.45) is 4.14. The quantitative estimate of drug-likeness (QED) is 0.602. The molecule has 0 spiro atoms. The van der Waals surface area contributed by atoms with Crippen molar-refractivity contribution in [2.24, 2.45) is 10.6 Å². The van der Waals surface area contributed by atoms with Crippen LogP contribution >= 0.6 is 0 Å². The first-order valence-corrected chi connectivity index (χ1v) is 8.18. The van der Waals surface area contributed by atoms with Gasteiger partial charge in [-0.25, -0.2) is 13.6 Å². The lowest BCUT2D eigenvalue weighted by Gasteiger charge is -2.27. The van der Waals surface area contributed by atoms with Gasteiger partial charge in [-0.1, -0.05) is 12.8 Å². The highest BCUT2D eigenvalue weighted by atomic mass is 32.2. The molecular formula is C13H21N3O3S. The fourth-order valence-corrected chi connectivity index (χ4v) is 3.20. The largest absolute Gasteiger partial charge is 0.397 e. The van der Waals surface area contributed by atoms with Crippen LogP contribution in [-0.4, -0.2) is 26.7 Å². The zero-order valence-corrected chi connectivity index (χ0v) is 12.1. The van der Waals surface area contributed by atoms with Gasteiger partial charge in [-0.05, 0) is 31.0 Å².